The first-order chi connectivity index (χ1) is 18.9. The summed E-state index contributed by atoms with van der Waals surface area (Å²) in [6.45, 7) is 6.08. The van der Waals surface area contributed by atoms with E-state index in [1.165, 1.54) is 11.4 Å². The molecule has 214 valence electrons. The molecule has 3 aromatic rings. The van der Waals surface area contributed by atoms with E-state index in [1.807, 2.05) is 63.2 Å². The van der Waals surface area contributed by atoms with Gasteiger partial charge in [0.1, 0.15) is 6.04 Å². The highest BCUT2D eigenvalue weighted by atomic mass is 35.5. The predicted molar refractivity (Wildman–Crippen MR) is 159 cm³/mol. The Bertz CT molecular complexity index is 1360. The zero-order chi connectivity index (χ0) is 29.3. The fourth-order valence-corrected chi connectivity index (χ4v) is 5.64. The van der Waals surface area contributed by atoms with E-state index in [1.54, 1.807) is 47.4 Å². The van der Waals surface area contributed by atoms with Crippen LogP contribution in [0, 0.1) is 0 Å². The highest BCUT2D eigenvalue weighted by molar-refractivity contribution is 7.89. The highest BCUT2D eigenvalue weighted by Crippen LogP contribution is 2.20. The van der Waals surface area contributed by atoms with E-state index < -0.39 is 21.6 Å². The molecule has 0 aliphatic heterocycles. The fourth-order valence-electron chi connectivity index (χ4n) is 4.28. The predicted octanol–water partition coefficient (Wildman–Crippen LogP) is 5.30. The smallest absolute Gasteiger partial charge is 0.243 e. The van der Waals surface area contributed by atoms with Gasteiger partial charge in [0.25, 0.3) is 0 Å². The monoisotopic (exact) mass is 583 g/mol. The zero-order valence-corrected chi connectivity index (χ0v) is 25.1. The Labute approximate surface area is 243 Å². The molecule has 0 radical (unpaired) electrons. The van der Waals surface area contributed by atoms with E-state index in [4.69, 9.17) is 11.6 Å². The lowest BCUT2D eigenvalue weighted by Gasteiger charge is -2.34. The first-order valence-corrected chi connectivity index (χ1v) is 15.1. The number of benzene rings is 3. The van der Waals surface area contributed by atoms with E-state index in [0.717, 1.165) is 11.1 Å². The quantitative estimate of drug-likeness (QED) is 0.314. The molecule has 0 saturated carbocycles. The van der Waals surface area contributed by atoms with Gasteiger partial charge in [0.05, 0.1) is 4.90 Å². The second kappa shape index (κ2) is 13.9. The summed E-state index contributed by atoms with van der Waals surface area (Å²) < 4.78 is 27.1. The number of amides is 2. The molecule has 3 aromatic carbocycles. The molecule has 0 bridgehead atoms. The Morgan fingerprint density at radius 2 is 1.45 bits per heavy atom. The van der Waals surface area contributed by atoms with Crippen molar-refractivity contribution in [1.82, 2.24) is 14.5 Å². The van der Waals surface area contributed by atoms with E-state index in [0.29, 0.717) is 17.9 Å². The van der Waals surface area contributed by atoms with E-state index in [-0.39, 0.29) is 36.2 Å². The van der Waals surface area contributed by atoms with E-state index >= 15 is 0 Å². The third-order valence-electron chi connectivity index (χ3n) is 6.35. The Hall–Kier alpha value is -3.20. The summed E-state index contributed by atoms with van der Waals surface area (Å²) in [7, 11) is -2.16. The van der Waals surface area contributed by atoms with Crippen LogP contribution in [-0.4, -0.2) is 54.6 Å². The Balaban J connectivity index is 1.84. The van der Waals surface area contributed by atoms with Crippen LogP contribution in [0.5, 0.6) is 0 Å². The van der Waals surface area contributed by atoms with Gasteiger partial charge in [-0.1, -0.05) is 72.3 Å². The number of nitrogens with zero attached hydrogens (tertiary/aromatic N) is 2. The van der Waals surface area contributed by atoms with Gasteiger partial charge in [-0.15, -0.1) is 0 Å². The van der Waals surface area contributed by atoms with Gasteiger partial charge in [-0.25, -0.2) is 12.7 Å². The Kier molecular flexibility index (Phi) is 10.9. The number of carbonyl (C=O) groups excluding carboxylic acids is 2. The third-order valence-corrected chi connectivity index (χ3v) is 8.47. The largest absolute Gasteiger partial charge is 0.350 e. The van der Waals surface area contributed by atoms with Gasteiger partial charge in [-0.3, -0.25) is 9.59 Å². The number of nitrogens with one attached hydrogen (secondary N) is 1. The average Bonchev–Trinajstić information content (AvgIpc) is 2.91. The van der Waals surface area contributed by atoms with Crippen LogP contribution >= 0.6 is 11.6 Å². The van der Waals surface area contributed by atoms with Gasteiger partial charge >= 0.3 is 0 Å². The Morgan fingerprint density at radius 1 is 0.875 bits per heavy atom. The standard InChI is InChI=1S/C31H38ClN3O4S/c1-31(2,3)33-30(37)28(22-24-12-7-5-8-13-24)35(23-25-17-19-26(32)20-18-25)29(36)16-11-21-34(4)40(38,39)27-14-9-6-10-15-27/h5-10,12-15,17-20,28H,11,16,21-23H2,1-4H3,(H,33,37)/t28-/m0/s1. The summed E-state index contributed by atoms with van der Waals surface area (Å²) in [4.78, 5) is 29.2. The zero-order valence-electron chi connectivity index (χ0n) is 23.5. The Morgan fingerprint density at radius 3 is 2.02 bits per heavy atom. The van der Waals surface area contributed by atoms with Gasteiger partial charge in [-0.2, -0.15) is 0 Å². The van der Waals surface area contributed by atoms with Crippen molar-refractivity contribution in [3.63, 3.8) is 0 Å². The summed E-state index contributed by atoms with van der Waals surface area (Å²) in [6.07, 6.45) is 0.720. The third kappa shape index (κ3) is 9.18. The molecule has 3 rings (SSSR count). The van der Waals surface area contributed by atoms with Crippen molar-refractivity contribution >= 4 is 33.4 Å². The number of sulfonamides is 1. The maximum atomic E-state index is 13.8. The molecule has 9 heteroatoms. The fraction of sp³-hybridized carbons (Fsp3) is 0.355. The van der Waals surface area contributed by atoms with Gasteiger partial charge in [0, 0.05) is 43.5 Å². The molecule has 0 unspecified atom stereocenters. The molecule has 40 heavy (non-hydrogen) atoms. The topological polar surface area (TPSA) is 86.8 Å². The summed E-state index contributed by atoms with van der Waals surface area (Å²) in [5, 5.41) is 3.62. The van der Waals surface area contributed by atoms with Crippen molar-refractivity contribution < 1.29 is 18.0 Å². The summed E-state index contributed by atoms with van der Waals surface area (Å²) >= 11 is 6.08. The molecule has 2 amide bonds. The van der Waals surface area contributed by atoms with Crippen LogP contribution in [0.4, 0.5) is 0 Å². The van der Waals surface area contributed by atoms with Gasteiger partial charge in [-0.05, 0) is 62.6 Å². The summed E-state index contributed by atoms with van der Waals surface area (Å²) in [5.74, 6) is -0.479. The lowest BCUT2D eigenvalue weighted by molar-refractivity contribution is -0.142. The SMILES string of the molecule is CN(CCCC(=O)N(Cc1ccc(Cl)cc1)[C@@H](Cc1ccccc1)C(=O)NC(C)(C)C)S(=O)(=O)c1ccccc1. The highest BCUT2D eigenvalue weighted by Gasteiger charge is 2.32. The number of halogens is 1. The van der Waals surface area contributed by atoms with Crippen molar-refractivity contribution in [1.29, 1.82) is 0 Å². The normalized spacial score (nSPS) is 12.7. The number of hydrogen-bond donors (Lipinski definition) is 1. The lowest BCUT2D eigenvalue weighted by Crippen LogP contribution is -2.54. The van der Waals surface area contributed by atoms with Crippen molar-refractivity contribution in [3.8, 4) is 0 Å². The lowest BCUT2D eigenvalue weighted by atomic mass is 10.00. The molecular formula is C31H38ClN3O4S. The molecule has 1 N–H and O–H groups in total. The molecule has 0 saturated heterocycles. The van der Waals surface area contributed by atoms with E-state index in [9.17, 15) is 18.0 Å². The van der Waals surface area contributed by atoms with Crippen LogP contribution in [0.3, 0.4) is 0 Å². The summed E-state index contributed by atoms with van der Waals surface area (Å²) in [6, 6.07) is 24.2. The molecular weight excluding hydrogens is 546 g/mol. The number of carbonyl (C=O) groups is 2. The molecule has 0 aromatic heterocycles. The van der Waals surface area contributed by atoms with Crippen molar-refractivity contribution in [2.75, 3.05) is 13.6 Å². The second-order valence-electron chi connectivity index (χ2n) is 10.8. The minimum atomic E-state index is -3.67. The number of rotatable bonds is 12. The number of hydrogen-bond acceptors (Lipinski definition) is 4. The van der Waals surface area contributed by atoms with E-state index in [2.05, 4.69) is 5.32 Å². The minimum Gasteiger partial charge on any atom is -0.350 e. The molecule has 1 atom stereocenters. The van der Waals surface area contributed by atoms with Crippen LogP contribution in [0.2, 0.25) is 5.02 Å². The first-order valence-electron chi connectivity index (χ1n) is 13.3. The van der Waals surface area contributed by atoms with Crippen LogP contribution < -0.4 is 5.32 Å². The first kappa shape index (κ1) is 31.3. The van der Waals surface area contributed by atoms with Crippen LogP contribution in [0.25, 0.3) is 0 Å². The van der Waals surface area contributed by atoms with Crippen LogP contribution in [0.1, 0.15) is 44.7 Å². The van der Waals surface area contributed by atoms with Crippen LogP contribution in [-0.2, 0) is 32.6 Å². The molecule has 0 aliphatic carbocycles. The van der Waals surface area contributed by atoms with Gasteiger partial charge < -0.3 is 10.2 Å². The average molecular weight is 584 g/mol. The van der Waals surface area contributed by atoms with Gasteiger partial charge in [0.15, 0.2) is 0 Å². The summed E-state index contributed by atoms with van der Waals surface area (Å²) in [5.41, 5.74) is 1.28. The van der Waals surface area contributed by atoms with Crippen molar-refractivity contribution in [2.45, 2.75) is 63.1 Å². The second-order valence-corrected chi connectivity index (χ2v) is 13.3. The van der Waals surface area contributed by atoms with Crippen LogP contribution in [0.15, 0.2) is 89.8 Å². The molecule has 0 heterocycles. The maximum Gasteiger partial charge on any atom is 0.243 e. The van der Waals surface area contributed by atoms with Gasteiger partial charge in [0.2, 0.25) is 21.8 Å². The van der Waals surface area contributed by atoms with Crippen molar-refractivity contribution in [2.24, 2.45) is 0 Å². The van der Waals surface area contributed by atoms with Crippen molar-refractivity contribution in [3.05, 3.63) is 101 Å². The molecule has 0 spiro atoms. The molecule has 0 aliphatic rings. The molecule has 7 nitrogen and oxygen atoms in total. The minimum absolute atomic E-state index is 0.0797. The maximum absolute atomic E-state index is 13.8. The molecule has 0 fully saturated rings.